The van der Waals surface area contributed by atoms with Crippen LogP contribution in [0.4, 0.5) is 0 Å². The summed E-state index contributed by atoms with van der Waals surface area (Å²) in [5.74, 6) is 0.173. The third-order valence-electron chi connectivity index (χ3n) is 4.41. The number of carbonyl (C=O) groups is 1. The summed E-state index contributed by atoms with van der Waals surface area (Å²) in [6.45, 7) is 6.61. The standard InChI is InChI=1S/C16H23N3O/c20-16(7-6-14-4-2-1-3-5-14)17-12-15-13-18-8-10-19(15)11-9-18/h1-5,15H,6-13H2,(H,17,20). The molecule has 0 radical (unpaired) electrons. The van der Waals surface area contributed by atoms with Crippen LogP contribution in [0.15, 0.2) is 30.3 Å². The molecule has 3 heterocycles. The maximum Gasteiger partial charge on any atom is 0.220 e. The largest absolute Gasteiger partial charge is 0.354 e. The predicted octanol–water partition coefficient (Wildman–Crippen LogP) is 0.735. The smallest absolute Gasteiger partial charge is 0.220 e. The van der Waals surface area contributed by atoms with Crippen LogP contribution in [-0.2, 0) is 11.2 Å². The molecule has 4 nitrogen and oxygen atoms in total. The summed E-state index contributed by atoms with van der Waals surface area (Å²) in [7, 11) is 0. The summed E-state index contributed by atoms with van der Waals surface area (Å²) < 4.78 is 0. The minimum Gasteiger partial charge on any atom is -0.354 e. The van der Waals surface area contributed by atoms with Crippen molar-refractivity contribution in [2.24, 2.45) is 0 Å². The number of carbonyl (C=O) groups excluding carboxylic acids is 1. The van der Waals surface area contributed by atoms with E-state index in [9.17, 15) is 4.79 Å². The van der Waals surface area contributed by atoms with Crippen LogP contribution in [-0.4, -0.2) is 61.0 Å². The molecule has 3 aliphatic heterocycles. The van der Waals surface area contributed by atoms with Gasteiger partial charge in [-0.1, -0.05) is 30.3 Å². The van der Waals surface area contributed by atoms with E-state index in [4.69, 9.17) is 0 Å². The van der Waals surface area contributed by atoms with Crippen molar-refractivity contribution in [3.63, 3.8) is 0 Å². The van der Waals surface area contributed by atoms with Crippen molar-refractivity contribution < 1.29 is 4.79 Å². The number of piperazine rings is 3. The van der Waals surface area contributed by atoms with Crippen molar-refractivity contribution in [1.82, 2.24) is 15.1 Å². The Morgan fingerprint density at radius 3 is 2.55 bits per heavy atom. The highest BCUT2D eigenvalue weighted by atomic mass is 16.1. The van der Waals surface area contributed by atoms with Gasteiger partial charge in [0, 0.05) is 51.7 Å². The van der Waals surface area contributed by atoms with E-state index >= 15 is 0 Å². The fraction of sp³-hybridized carbons (Fsp3) is 0.562. The minimum atomic E-state index is 0.173. The van der Waals surface area contributed by atoms with Gasteiger partial charge in [0.25, 0.3) is 0 Å². The van der Waals surface area contributed by atoms with Crippen molar-refractivity contribution in [3.05, 3.63) is 35.9 Å². The summed E-state index contributed by atoms with van der Waals surface area (Å²) in [5, 5.41) is 3.10. The number of nitrogens with one attached hydrogen (secondary N) is 1. The molecule has 0 spiro atoms. The number of benzene rings is 1. The molecule has 1 unspecified atom stereocenters. The Balaban J connectivity index is 1.39. The van der Waals surface area contributed by atoms with Crippen LogP contribution in [0.25, 0.3) is 0 Å². The molecular weight excluding hydrogens is 250 g/mol. The first kappa shape index (κ1) is 13.6. The van der Waals surface area contributed by atoms with Crippen molar-refractivity contribution in [2.45, 2.75) is 18.9 Å². The van der Waals surface area contributed by atoms with Gasteiger partial charge in [0.15, 0.2) is 0 Å². The van der Waals surface area contributed by atoms with Gasteiger partial charge in [0.05, 0.1) is 0 Å². The Morgan fingerprint density at radius 1 is 1.15 bits per heavy atom. The van der Waals surface area contributed by atoms with E-state index in [-0.39, 0.29) is 5.91 Å². The van der Waals surface area contributed by atoms with Gasteiger partial charge in [0.1, 0.15) is 0 Å². The normalized spacial score (nSPS) is 28.3. The second-order valence-electron chi connectivity index (χ2n) is 5.78. The van der Waals surface area contributed by atoms with Gasteiger partial charge >= 0.3 is 0 Å². The highest BCUT2D eigenvalue weighted by Crippen LogP contribution is 2.14. The molecule has 2 bridgehead atoms. The molecule has 0 saturated carbocycles. The topological polar surface area (TPSA) is 35.6 Å². The molecule has 1 N–H and O–H groups in total. The molecule has 1 aromatic rings. The Bertz CT molecular complexity index is 440. The highest BCUT2D eigenvalue weighted by molar-refractivity contribution is 5.76. The van der Waals surface area contributed by atoms with E-state index < -0.39 is 0 Å². The summed E-state index contributed by atoms with van der Waals surface area (Å²) in [5.41, 5.74) is 1.23. The van der Waals surface area contributed by atoms with Crippen LogP contribution in [0, 0.1) is 0 Å². The van der Waals surface area contributed by atoms with E-state index in [1.807, 2.05) is 18.2 Å². The Labute approximate surface area is 120 Å². The molecule has 3 saturated heterocycles. The van der Waals surface area contributed by atoms with E-state index in [0.717, 1.165) is 32.6 Å². The van der Waals surface area contributed by atoms with E-state index in [1.54, 1.807) is 0 Å². The molecule has 3 fully saturated rings. The van der Waals surface area contributed by atoms with E-state index in [1.165, 1.54) is 18.7 Å². The molecule has 20 heavy (non-hydrogen) atoms. The highest BCUT2D eigenvalue weighted by Gasteiger charge is 2.31. The maximum absolute atomic E-state index is 11.9. The molecule has 1 amide bonds. The van der Waals surface area contributed by atoms with Crippen molar-refractivity contribution >= 4 is 5.91 Å². The minimum absolute atomic E-state index is 0.173. The zero-order valence-corrected chi connectivity index (χ0v) is 11.9. The van der Waals surface area contributed by atoms with Gasteiger partial charge in [-0.2, -0.15) is 0 Å². The van der Waals surface area contributed by atoms with Gasteiger partial charge in [-0.3, -0.25) is 14.6 Å². The maximum atomic E-state index is 11.9. The molecule has 1 atom stereocenters. The van der Waals surface area contributed by atoms with E-state index in [2.05, 4.69) is 27.2 Å². The number of hydrogen-bond acceptors (Lipinski definition) is 3. The average Bonchev–Trinajstić information content (AvgIpc) is 2.53. The van der Waals surface area contributed by atoms with Crippen molar-refractivity contribution in [3.8, 4) is 0 Å². The Hall–Kier alpha value is -1.39. The third-order valence-corrected chi connectivity index (χ3v) is 4.41. The molecule has 3 aliphatic rings. The van der Waals surface area contributed by atoms with Crippen molar-refractivity contribution in [2.75, 3.05) is 39.3 Å². The number of fused-ring (bicyclic) bond motifs is 3. The lowest BCUT2D eigenvalue weighted by Gasteiger charge is -2.47. The van der Waals surface area contributed by atoms with Gasteiger partial charge < -0.3 is 5.32 Å². The first-order valence-electron chi connectivity index (χ1n) is 7.58. The molecule has 4 rings (SSSR count). The zero-order chi connectivity index (χ0) is 13.8. The zero-order valence-electron chi connectivity index (χ0n) is 11.9. The molecule has 0 aliphatic carbocycles. The first-order valence-corrected chi connectivity index (χ1v) is 7.58. The molecule has 4 heteroatoms. The first-order chi connectivity index (χ1) is 9.81. The van der Waals surface area contributed by atoms with Crippen LogP contribution in [0.5, 0.6) is 0 Å². The Morgan fingerprint density at radius 2 is 1.90 bits per heavy atom. The molecular formula is C16H23N3O. The van der Waals surface area contributed by atoms with E-state index in [0.29, 0.717) is 12.5 Å². The number of rotatable bonds is 5. The predicted molar refractivity (Wildman–Crippen MR) is 79.6 cm³/mol. The second-order valence-corrected chi connectivity index (χ2v) is 5.78. The Kier molecular flexibility index (Phi) is 4.33. The second kappa shape index (κ2) is 6.37. The molecule has 1 aromatic carbocycles. The fourth-order valence-corrected chi connectivity index (χ4v) is 3.14. The van der Waals surface area contributed by atoms with Crippen LogP contribution >= 0.6 is 0 Å². The number of hydrogen-bond donors (Lipinski definition) is 1. The SMILES string of the molecule is O=C(CCc1ccccc1)NCC1CN2CCN1CC2. The lowest BCUT2D eigenvalue weighted by atomic mass is 10.1. The van der Waals surface area contributed by atoms with Crippen molar-refractivity contribution in [1.29, 1.82) is 0 Å². The number of nitrogens with zero attached hydrogens (tertiary/aromatic N) is 2. The number of aryl methyl sites for hydroxylation is 1. The van der Waals surface area contributed by atoms with Crippen LogP contribution in [0.2, 0.25) is 0 Å². The third kappa shape index (κ3) is 3.38. The lowest BCUT2D eigenvalue weighted by Crippen LogP contribution is -2.63. The quantitative estimate of drug-likeness (QED) is 0.859. The monoisotopic (exact) mass is 273 g/mol. The average molecular weight is 273 g/mol. The van der Waals surface area contributed by atoms with Gasteiger partial charge in [-0.05, 0) is 12.0 Å². The van der Waals surface area contributed by atoms with Gasteiger partial charge in [0.2, 0.25) is 5.91 Å². The number of amides is 1. The van der Waals surface area contributed by atoms with Crippen LogP contribution in [0.1, 0.15) is 12.0 Å². The van der Waals surface area contributed by atoms with Gasteiger partial charge in [-0.15, -0.1) is 0 Å². The molecule has 108 valence electrons. The van der Waals surface area contributed by atoms with Crippen LogP contribution in [0.3, 0.4) is 0 Å². The lowest BCUT2D eigenvalue weighted by molar-refractivity contribution is -0.121. The summed E-state index contributed by atoms with van der Waals surface area (Å²) in [6, 6.07) is 10.7. The summed E-state index contributed by atoms with van der Waals surface area (Å²) in [4.78, 5) is 16.9. The molecule has 0 aromatic heterocycles. The summed E-state index contributed by atoms with van der Waals surface area (Å²) in [6.07, 6.45) is 1.41. The summed E-state index contributed by atoms with van der Waals surface area (Å²) >= 11 is 0. The fourth-order valence-electron chi connectivity index (χ4n) is 3.14. The van der Waals surface area contributed by atoms with Gasteiger partial charge in [-0.25, -0.2) is 0 Å². The van der Waals surface area contributed by atoms with Crippen LogP contribution < -0.4 is 5.32 Å².